The second kappa shape index (κ2) is 9.06. The maximum absolute atomic E-state index is 12.4. The number of ether oxygens (including phenoxy) is 1. The normalized spacial score (nSPS) is 12.7. The second-order valence-corrected chi connectivity index (χ2v) is 7.92. The van der Waals surface area contributed by atoms with E-state index in [0.29, 0.717) is 16.7 Å². The number of hydrogen-bond donors (Lipinski definition) is 1. The summed E-state index contributed by atoms with van der Waals surface area (Å²) in [6.45, 7) is 6.03. The van der Waals surface area contributed by atoms with Crippen molar-refractivity contribution in [3.05, 3.63) is 99.6 Å². The van der Waals surface area contributed by atoms with E-state index in [9.17, 15) is 9.59 Å². The summed E-state index contributed by atoms with van der Waals surface area (Å²) < 4.78 is 4.71. The Balaban J connectivity index is 1.38. The minimum Gasteiger partial charge on any atom is -0.465 e. The van der Waals surface area contributed by atoms with Crippen molar-refractivity contribution in [2.75, 3.05) is 12.0 Å². The molecule has 0 saturated heterocycles. The predicted octanol–water partition coefficient (Wildman–Crippen LogP) is 4.37. The highest BCUT2D eigenvalue weighted by Gasteiger charge is 2.20. The molecule has 0 aliphatic carbocycles. The van der Waals surface area contributed by atoms with E-state index >= 15 is 0 Å². The van der Waals surface area contributed by atoms with Gasteiger partial charge in [-0.3, -0.25) is 4.79 Å². The Morgan fingerprint density at radius 3 is 2.22 bits per heavy atom. The van der Waals surface area contributed by atoms with Crippen molar-refractivity contribution in [2.45, 2.75) is 26.9 Å². The minimum absolute atomic E-state index is 0.298. The molecule has 0 fully saturated rings. The lowest BCUT2D eigenvalue weighted by atomic mass is 10.0. The van der Waals surface area contributed by atoms with Gasteiger partial charge in [-0.05, 0) is 78.1 Å². The highest BCUT2D eigenvalue weighted by molar-refractivity contribution is 5.96. The third-order valence-corrected chi connectivity index (χ3v) is 5.72. The Hall–Kier alpha value is -3.93. The van der Waals surface area contributed by atoms with E-state index in [1.165, 1.54) is 35.6 Å². The van der Waals surface area contributed by atoms with Crippen LogP contribution in [0.4, 0.5) is 5.69 Å². The molecule has 1 N–H and O–H groups in total. The lowest BCUT2D eigenvalue weighted by Crippen LogP contribution is -2.18. The molecule has 3 aromatic rings. The van der Waals surface area contributed by atoms with E-state index in [1.54, 1.807) is 36.4 Å². The van der Waals surface area contributed by atoms with E-state index < -0.39 is 5.97 Å². The summed E-state index contributed by atoms with van der Waals surface area (Å²) in [5.74, 6) is -0.719. The highest BCUT2D eigenvalue weighted by atomic mass is 16.5. The summed E-state index contributed by atoms with van der Waals surface area (Å²) in [7, 11) is 1.33. The molecule has 0 radical (unpaired) electrons. The first kappa shape index (κ1) is 21.3. The van der Waals surface area contributed by atoms with Crippen LogP contribution in [0.2, 0.25) is 0 Å². The zero-order valence-corrected chi connectivity index (χ0v) is 18.4. The number of benzene rings is 3. The molecule has 0 aromatic heterocycles. The van der Waals surface area contributed by atoms with Crippen molar-refractivity contribution < 1.29 is 14.3 Å². The summed E-state index contributed by atoms with van der Waals surface area (Å²) in [5, 5.41) is 4.00. The van der Waals surface area contributed by atoms with E-state index in [1.807, 2.05) is 12.1 Å². The number of rotatable bonds is 5. The SMILES string of the molecule is COC(=O)c1cccc(/C=N\NC(=O)c2ccc(N3Cc4cc(C)c(C)cc4C3)cc2)c1. The number of nitrogens with one attached hydrogen (secondary N) is 1. The number of esters is 1. The van der Waals surface area contributed by atoms with E-state index in [-0.39, 0.29) is 5.91 Å². The smallest absolute Gasteiger partial charge is 0.337 e. The molecule has 1 amide bonds. The Morgan fingerprint density at radius 2 is 1.59 bits per heavy atom. The van der Waals surface area contributed by atoms with Gasteiger partial charge in [0.2, 0.25) is 0 Å². The number of amides is 1. The highest BCUT2D eigenvalue weighted by Crippen LogP contribution is 2.30. The number of carbonyl (C=O) groups is 2. The number of anilines is 1. The van der Waals surface area contributed by atoms with E-state index in [0.717, 1.165) is 18.8 Å². The maximum Gasteiger partial charge on any atom is 0.337 e. The van der Waals surface area contributed by atoms with Gasteiger partial charge in [-0.25, -0.2) is 10.2 Å². The molecular formula is C26H25N3O3. The Kier molecular flexibility index (Phi) is 6.03. The van der Waals surface area contributed by atoms with Gasteiger partial charge in [0.05, 0.1) is 18.9 Å². The average molecular weight is 428 g/mol. The van der Waals surface area contributed by atoms with Crippen LogP contribution in [0.3, 0.4) is 0 Å². The second-order valence-electron chi connectivity index (χ2n) is 7.92. The van der Waals surface area contributed by atoms with Gasteiger partial charge in [0.15, 0.2) is 0 Å². The van der Waals surface area contributed by atoms with Crippen molar-refractivity contribution >= 4 is 23.8 Å². The molecule has 1 heterocycles. The summed E-state index contributed by atoms with van der Waals surface area (Å²) in [5.41, 5.74) is 10.6. The molecule has 0 spiro atoms. The van der Waals surface area contributed by atoms with Crippen LogP contribution >= 0.6 is 0 Å². The van der Waals surface area contributed by atoms with E-state index in [4.69, 9.17) is 4.74 Å². The number of carbonyl (C=O) groups excluding carboxylic acids is 2. The van der Waals surface area contributed by atoms with Gasteiger partial charge in [-0.1, -0.05) is 24.3 Å². The number of fused-ring (bicyclic) bond motifs is 1. The van der Waals surface area contributed by atoms with Gasteiger partial charge in [0.1, 0.15) is 0 Å². The summed E-state index contributed by atoms with van der Waals surface area (Å²) >= 11 is 0. The van der Waals surface area contributed by atoms with Crippen LogP contribution in [0.15, 0.2) is 65.8 Å². The fourth-order valence-corrected chi connectivity index (χ4v) is 3.80. The van der Waals surface area contributed by atoms with E-state index in [2.05, 4.69) is 41.4 Å². The Labute approximate surface area is 187 Å². The van der Waals surface area contributed by atoms with Gasteiger partial charge in [-0.15, -0.1) is 0 Å². The van der Waals surface area contributed by atoms with Crippen molar-refractivity contribution in [1.29, 1.82) is 0 Å². The van der Waals surface area contributed by atoms with Gasteiger partial charge >= 0.3 is 5.97 Å². The largest absolute Gasteiger partial charge is 0.465 e. The molecule has 32 heavy (non-hydrogen) atoms. The van der Waals surface area contributed by atoms with Gasteiger partial charge in [-0.2, -0.15) is 5.10 Å². The van der Waals surface area contributed by atoms with Crippen molar-refractivity contribution in [3.63, 3.8) is 0 Å². The van der Waals surface area contributed by atoms with Gasteiger partial charge in [0, 0.05) is 24.3 Å². The topological polar surface area (TPSA) is 71.0 Å². The third kappa shape index (κ3) is 4.54. The number of methoxy groups -OCH3 is 1. The monoisotopic (exact) mass is 427 g/mol. The Morgan fingerprint density at radius 1 is 0.938 bits per heavy atom. The fourth-order valence-electron chi connectivity index (χ4n) is 3.80. The zero-order valence-electron chi connectivity index (χ0n) is 18.4. The molecule has 6 heteroatoms. The molecule has 162 valence electrons. The number of aryl methyl sites for hydroxylation is 2. The fraction of sp³-hybridized carbons (Fsp3) is 0.192. The molecule has 0 unspecified atom stereocenters. The van der Waals surface area contributed by atoms with Crippen LogP contribution in [0.25, 0.3) is 0 Å². The quantitative estimate of drug-likeness (QED) is 0.373. The first-order chi connectivity index (χ1) is 15.4. The van der Waals surface area contributed by atoms with Crippen molar-refractivity contribution in [2.24, 2.45) is 5.10 Å². The van der Waals surface area contributed by atoms with Crippen LogP contribution in [0.1, 0.15) is 48.5 Å². The lowest BCUT2D eigenvalue weighted by molar-refractivity contribution is 0.0600. The van der Waals surface area contributed by atoms with Gasteiger partial charge < -0.3 is 9.64 Å². The molecule has 0 bridgehead atoms. The van der Waals surface area contributed by atoms with Crippen LogP contribution in [0, 0.1) is 13.8 Å². The first-order valence-electron chi connectivity index (χ1n) is 10.4. The van der Waals surface area contributed by atoms with Crippen molar-refractivity contribution in [3.8, 4) is 0 Å². The summed E-state index contributed by atoms with van der Waals surface area (Å²) in [6.07, 6.45) is 1.49. The molecule has 3 aromatic carbocycles. The zero-order chi connectivity index (χ0) is 22.7. The molecule has 0 saturated carbocycles. The third-order valence-electron chi connectivity index (χ3n) is 5.72. The lowest BCUT2D eigenvalue weighted by Gasteiger charge is -2.17. The van der Waals surface area contributed by atoms with Crippen LogP contribution in [0.5, 0.6) is 0 Å². The summed E-state index contributed by atoms with van der Waals surface area (Å²) in [6, 6.07) is 18.9. The number of nitrogens with zero attached hydrogens (tertiary/aromatic N) is 2. The van der Waals surface area contributed by atoms with Crippen LogP contribution < -0.4 is 10.3 Å². The molecule has 4 rings (SSSR count). The molecule has 6 nitrogen and oxygen atoms in total. The molecular weight excluding hydrogens is 402 g/mol. The predicted molar refractivity (Wildman–Crippen MR) is 125 cm³/mol. The van der Waals surface area contributed by atoms with Crippen molar-refractivity contribution in [1.82, 2.24) is 5.43 Å². The Bertz CT molecular complexity index is 1170. The maximum atomic E-state index is 12.4. The number of hydrazone groups is 1. The molecule has 1 aliphatic rings. The standard InChI is InChI=1S/C26H25N3O3/c1-17-11-22-15-29(16-23(22)12-18(17)2)24-9-7-20(8-10-24)25(30)28-27-14-19-5-4-6-21(13-19)26(31)32-3/h4-14H,15-16H2,1-3H3,(H,28,30)/b27-14-. The summed E-state index contributed by atoms with van der Waals surface area (Å²) in [4.78, 5) is 26.3. The number of hydrogen-bond acceptors (Lipinski definition) is 5. The van der Waals surface area contributed by atoms with Crippen LogP contribution in [-0.4, -0.2) is 25.2 Å². The molecule has 0 atom stereocenters. The van der Waals surface area contributed by atoms with Crippen LogP contribution in [-0.2, 0) is 17.8 Å². The first-order valence-corrected chi connectivity index (χ1v) is 10.4. The average Bonchev–Trinajstić information content (AvgIpc) is 3.21. The minimum atomic E-state index is -0.421. The van der Waals surface area contributed by atoms with Gasteiger partial charge in [0.25, 0.3) is 5.91 Å². The molecule has 1 aliphatic heterocycles.